The average molecular weight is 914 g/mol. The van der Waals surface area contributed by atoms with Crippen LogP contribution in [0.4, 0.5) is 10.1 Å². The maximum atomic E-state index is 15.3. The van der Waals surface area contributed by atoms with Gasteiger partial charge in [-0.15, -0.1) is 0 Å². The Hall–Kier alpha value is -6.10. The molecule has 5 atom stereocenters. The van der Waals surface area contributed by atoms with Gasteiger partial charge in [0.2, 0.25) is 11.8 Å². The molecule has 3 amide bonds. The number of nitrogens with one attached hydrogen (secondary N) is 2. The number of imide groups is 1. The van der Waals surface area contributed by atoms with Gasteiger partial charge in [-0.05, 0) is 132 Å². The van der Waals surface area contributed by atoms with Crippen molar-refractivity contribution in [1.82, 2.24) is 20.4 Å². The normalized spacial score (nSPS) is 23.6. The number of piperidine rings is 1. The molecule has 0 spiro atoms. The molecule has 5 aromatic carbocycles. The molecule has 10 rings (SSSR count). The molecule has 2 N–H and O–H groups in total. The number of nitrogens with zero attached hydrogens (tertiary/aromatic N) is 3. The number of anilines is 1. The van der Waals surface area contributed by atoms with Crippen LogP contribution in [0.2, 0.25) is 0 Å². The molecule has 0 radical (unpaired) electrons. The van der Waals surface area contributed by atoms with Crippen molar-refractivity contribution >= 4 is 29.0 Å². The number of carbonyl (C=O) groups is 3. The number of hydrogen-bond acceptors (Lipinski definition) is 7. The lowest BCUT2D eigenvalue weighted by atomic mass is 9.69. The summed E-state index contributed by atoms with van der Waals surface area (Å²) in [6.07, 6.45) is 10.7. The third-order valence-corrected chi connectivity index (χ3v) is 15.5. The highest BCUT2D eigenvalue weighted by atomic mass is 19.1. The second-order valence-electron chi connectivity index (χ2n) is 19.8. The fourth-order valence-electron chi connectivity index (χ4n) is 11.7. The van der Waals surface area contributed by atoms with Gasteiger partial charge in [-0.1, -0.05) is 104 Å². The first kappa shape index (κ1) is 45.7. The number of carbonyl (C=O) groups excluding carboxylic acids is 3. The van der Waals surface area contributed by atoms with Gasteiger partial charge in [0.1, 0.15) is 24.2 Å². The Kier molecular flexibility index (Phi) is 14.1. The Morgan fingerprint density at radius 2 is 1.44 bits per heavy atom. The van der Waals surface area contributed by atoms with Crippen LogP contribution in [-0.4, -0.2) is 85.9 Å². The second-order valence-corrected chi connectivity index (χ2v) is 19.8. The van der Waals surface area contributed by atoms with E-state index >= 15 is 4.39 Å². The van der Waals surface area contributed by atoms with E-state index in [-0.39, 0.29) is 30.2 Å². The van der Waals surface area contributed by atoms with Crippen LogP contribution in [0.5, 0.6) is 5.75 Å². The maximum Gasteiger partial charge on any atom is 0.254 e. The molecule has 0 aromatic heterocycles. The van der Waals surface area contributed by atoms with Gasteiger partial charge < -0.3 is 15.0 Å². The summed E-state index contributed by atoms with van der Waals surface area (Å²) >= 11 is 0. The lowest BCUT2D eigenvalue weighted by Gasteiger charge is -2.42. The molecule has 3 aliphatic heterocycles. The van der Waals surface area contributed by atoms with Gasteiger partial charge in [0, 0.05) is 70.4 Å². The summed E-state index contributed by atoms with van der Waals surface area (Å²) in [5, 5.41) is 4.81. The quantitative estimate of drug-likeness (QED) is 0.114. The fourth-order valence-corrected chi connectivity index (χ4v) is 11.7. The van der Waals surface area contributed by atoms with Crippen molar-refractivity contribution in [3.63, 3.8) is 0 Å². The van der Waals surface area contributed by atoms with E-state index in [0.29, 0.717) is 24.4 Å². The number of ether oxygens (including phenoxy) is 1. The Balaban J connectivity index is 0.726. The molecule has 68 heavy (non-hydrogen) atoms. The molecule has 5 aliphatic rings. The topological polar surface area (TPSA) is 94.2 Å². The number of hydrogen-bond donors (Lipinski definition) is 2. The zero-order valence-electron chi connectivity index (χ0n) is 39.1. The molecule has 0 bridgehead atoms. The van der Waals surface area contributed by atoms with Crippen molar-refractivity contribution < 1.29 is 23.5 Å². The average Bonchev–Trinajstić information content (AvgIpc) is 3.38. The van der Waals surface area contributed by atoms with E-state index in [1.807, 2.05) is 6.07 Å². The third kappa shape index (κ3) is 10.6. The van der Waals surface area contributed by atoms with Crippen LogP contribution in [0, 0.1) is 17.7 Å². The lowest BCUT2D eigenvalue weighted by Crippen LogP contribution is -2.52. The van der Waals surface area contributed by atoms with Crippen LogP contribution >= 0.6 is 0 Å². The minimum absolute atomic E-state index is 0.102. The monoisotopic (exact) mass is 913 g/mol. The van der Waals surface area contributed by atoms with Crippen molar-refractivity contribution in [3.8, 4) is 5.75 Å². The molecule has 3 fully saturated rings. The van der Waals surface area contributed by atoms with Crippen LogP contribution in [0.1, 0.15) is 107 Å². The van der Waals surface area contributed by atoms with Gasteiger partial charge in [-0.25, -0.2) is 4.39 Å². The molecule has 1 saturated carbocycles. The van der Waals surface area contributed by atoms with Crippen molar-refractivity contribution in [1.29, 1.82) is 0 Å². The van der Waals surface area contributed by atoms with Gasteiger partial charge in [0.25, 0.3) is 5.91 Å². The van der Waals surface area contributed by atoms with Gasteiger partial charge in [-0.3, -0.25) is 29.5 Å². The second kappa shape index (κ2) is 21.0. The summed E-state index contributed by atoms with van der Waals surface area (Å²) in [5.74, 6) is 0.805. The summed E-state index contributed by atoms with van der Waals surface area (Å²) < 4.78 is 21.6. The number of benzene rings is 5. The van der Waals surface area contributed by atoms with Gasteiger partial charge in [0.15, 0.2) is 0 Å². The van der Waals surface area contributed by atoms with Crippen molar-refractivity contribution in [2.75, 3.05) is 57.3 Å². The highest BCUT2D eigenvalue weighted by molar-refractivity contribution is 6.04. The number of aryl methyl sites for hydroxylation is 1. The van der Waals surface area contributed by atoms with E-state index in [1.165, 1.54) is 71.3 Å². The number of rotatable bonds is 13. The number of halogens is 1. The van der Waals surface area contributed by atoms with Crippen molar-refractivity contribution in [3.05, 3.63) is 172 Å². The SMILES string of the molecule is O=C1CCC(NC(=O)c2ccc(C3=CCN(C[C@@H]4CCCC[C@H]4CN4CCN(c5ccc([C@@H]6c7ccc(OCc8ccccc8)cc7CC[C@@H]6c6ccccc6)cc5)CC4)CC3)cc2F)C(=O)N1. The Bertz CT molecular complexity index is 2590. The van der Waals surface area contributed by atoms with Crippen LogP contribution in [-0.2, 0) is 22.6 Å². The first-order valence-corrected chi connectivity index (χ1v) is 25.1. The molecule has 352 valence electrons. The maximum absolute atomic E-state index is 15.3. The minimum Gasteiger partial charge on any atom is -0.489 e. The molecule has 2 aliphatic carbocycles. The molecule has 2 saturated heterocycles. The third-order valence-electron chi connectivity index (χ3n) is 15.5. The molecule has 1 unspecified atom stereocenters. The standard InChI is InChI=1S/C58H64FN5O4/c59-53-36-44(17-23-52(53)57(66)60-54-25-26-55(65)61-58(54)67)41-27-29-62(30-28-41)37-46-13-7-8-14-47(46)38-63-31-33-64(34-32-63)48-19-15-43(16-20-48)56-50(42-11-5-2-6-12-42)22-18-45-35-49(21-24-51(45)56)68-39-40-9-3-1-4-10-40/h1-6,9-12,15-17,19-21,23-24,27,35-36,46-47,50,54,56H,7-8,13-14,18,22,25-26,28-34,37-39H2,(H,60,66)(H,61,65,67)/t46-,47-,50+,54?,56-/m0/s1. The highest BCUT2D eigenvalue weighted by Crippen LogP contribution is 2.47. The van der Waals surface area contributed by atoms with E-state index in [4.69, 9.17) is 4.74 Å². The first-order chi connectivity index (χ1) is 33.3. The summed E-state index contributed by atoms with van der Waals surface area (Å²) in [7, 11) is 0. The first-order valence-electron chi connectivity index (χ1n) is 25.1. The van der Waals surface area contributed by atoms with Crippen molar-refractivity contribution in [2.24, 2.45) is 11.8 Å². The van der Waals surface area contributed by atoms with Crippen LogP contribution < -0.4 is 20.3 Å². The largest absolute Gasteiger partial charge is 0.489 e. The lowest BCUT2D eigenvalue weighted by molar-refractivity contribution is -0.134. The van der Waals surface area contributed by atoms with Gasteiger partial charge in [-0.2, -0.15) is 0 Å². The zero-order chi connectivity index (χ0) is 46.4. The van der Waals surface area contributed by atoms with E-state index in [1.54, 1.807) is 6.07 Å². The van der Waals surface area contributed by atoms with Gasteiger partial charge >= 0.3 is 0 Å². The number of amides is 3. The summed E-state index contributed by atoms with van der Waals surface area (Å²) in [6.45, 7) is 8.81. The van der Waals surface area contributed by atoms with Gasteiger partial charge in [0.05, 0.1) is 5.56 Å². The molecule has 10 heteroatoms. The Labute approximate surface area is 400 Å². The molecule has 3 heterocycles. The van der Waals surface area contributed by atoms with E-state index in [2.05, 4.69) is 128 Å². The van der Waals surface area contributed by atoms with Crippen LogP contribution in [0.15, 0.2) is 127 Å². The van der Waals surface area contributed by atoms with Crippen molar-refractivity contribution in [2.45, 2.75) is 82.3 Å². The summed E-state index contributed by atoms with van der Waals surface area (Å²) in [5.41, 5.74) is 9.87. The predicted molar refractivity (Wildman–Crippen MR) is 266 cm³/mol. The predicted octanol–water partition coefficient (Wildman–Crippen LogP) is 9.52. The van der Waals surface area contributed by atoms with E-state index in [9.17, 15) is 14.4 Å². The van der Waals surface area contributed by atoms with Crippen LogP contribution in [0.3, 0.4) is 0 Å². The van der Waals surface area contributed by atoms with E-state index < -0.39 is 23.7 Å². The summed E-state index contributed by atoms with van der Waals surface area (Å²) in [6, 6.07) is 41.6. The Morgan fingerprint density at radius 3 is 2.15 bits per heavy atom. The minimum atomic E-state index is -0.849. The summed E-state index contributed by atoms with van der Waals surface area (Å²) in [4.78, 5) is 44.3. The Morgan fingerprint density at radius 1 is 0.706 bits per heavy atom. The van der Waals surface area contributed by atoms with Crippen LogP contribution in [0.25, 0.3) is 5.57 Å². The molecular weight excluding hydrogens is 850 g/mol. The number of fused-ring (bicyclic) bond motifs is 1. The highest BCUT2D eigenvalue weighted by Gasteiger charge is 2.34. The molecule has 9 nitrogen and oxygen atoms in total. The number of piperazine rings is 1. The zero-order valence-corrected chi connectivity index (χ0v) is 39.1. The molecule has 5 aromatic rings. The molecular formula is C58H64FN5O4. The fraction of sp³-hybridized carbons (Fsp3) is 0.397. The smallest absolute Gasteiger partial charge is 0.254 e. The van der Waals surface area contributed by atoms with E-state index in [0.717, 1.165) is 88.5 Å².